The van der Waals surface area contributed by atoms with Crippen molar-refractivity contribution >= 4 is 5.91 Å². The van der Waals surface area contributed by atoms with Gasteiger partial charge in [-0.05, 0) is 62.6 Å². The molecule has 12 heteroatoms. The van der Waals surface area contributed by atoms with Crippen LogP contribution >= 0.6 is 0 Å². The van der Waals surface area contributed by atoms with Gasteiger partial charge in [0.25, 0.3) is 11.5 Å². The SMILES string of the molecule is CCOc1c(C)cc([C@@](O)(CNC(=O)c2cc(=O)[nH]c(C3CC3)n2)C(F)(F)F)nc1-c1ccc(F)cc1. The van der Waals surface area contributed by atoms with Crippen LogP contribution in [0.5, 0.6) is 5.75 Å². The van der Waals surface area contributed by atoms with Crippen LogP contribution in [-0.4, -0.2) is 45.3 Å². The van der Waals surface area contributed by atoms with Gasteiger partial charge in [0, 0.05) is 17.5 Å². The van der Waals surface area contributed by atoms with Crippen LogP contribution in [0.4, 0.5) is 17.6 Å². The molecule has 3 N–H and O–H groups in total. The van der Waals surface area contributed by atoms with Gasteiger partial charge in [-0.3, -0.25) is 9.59 Å². The summed E-state index contributed by atoms with van der Waals surface area (Å²) in [6.07, 6.45) is -3.70. The molecule has 1 amide bonds. The first-order chi connectivity index (χ1) is 17.4. The summed E-state index contributed by atoms with van der Waals surface area (Å²) < 4.78 is 61.8. The fourth-order valence-corrected chi connectivity index (χ4v) is 3.78. The van der Waals surface area contributed by atoms with Gasteiger partial charge >= 0.3 is 6.18 Å². The number of aliphatic hydroxyl groups is 1. The lowest BCUT2D eigenvalue weighted by Crippen LogP contribution is -2.51. The number of carbonyl (C=O) groups is 1. The van der Waals surface area contributed by atoms with Crippen molar-refractivity contribution in [2.75, 3.05) is 13.2 Å². The van der Waals surface area contributed by atoms with Crippen LogP contribution in [0.3, 0.4) is 0 Å². The summed E-state index contributed by atoms with van der Waals surface area (Å²) in [7, 11) is 0. The minimum Gasteiger partial charge on any atom is -0.491 e. The van der Waals surface area contributed by atoms with E-state index in [0.29, 0.717) is 0 Å². The molecule has 37 heavy (non-hydrogen) atoms. The number of carbonyl (C=O) groups excluding carboxylic acids is 1. The number of halogens is 4. The number of benzene rings is 1. The molecule has 1 fully saturated rings. The molecule has 0 unspecified atom stereocenters. The Kier molecular flexibility index (Phi) is 7.05. The average Bonchev–Trinajstić information content (AvgIpc) is 3.68. The molecule has 2 aromatic heterocycles. The number of nitrogens with one attached hydrogen (secondary N) is 2. The number of nitrogens with zero attached hydrogens (tertiary/aromatic N) is 2. The molecule has 0 bridgehead atoms. The van der Waals surface area contributed by atoms with Crippen molar-refractivity contribution < 1.29 is 32.2 Å². The number of aromatic nitrogens is 3. The lowest BCUT2D eigenvalue weighted by molar-refractivity contribution is -0.265. The monoisotopic (exact) mass is 520 g/mol. The maximum Gasteiger partial charge on any atom is 0.424 e. The van der Waals surface area contributed by atoms with Crippen molar-refractivity contribution in [3.63, 3.8) is 0 Å². The first-order valence-corrected chi connectivity index (χ1v) is 11.5. The third-order valence-electron chi connectivity index (χ3n) is 5.92. The fraction of sp³-hybridized carbons (Fsp3) is 0.360. The number of aromatic amines is 1. The summed E-state index contributed by atoms with van der Waals surface area (Å²) in [5.74, 6) is -1.16. The van der Waals surface area contributed by atoms with Crippen LogP contribution in [0.25, 0.3) is 11.3 Å². The Hall–Kier alpha value is -3.80. The molecule has 0 radical (unpaired) electrons. The number of ether oxygens (including phenoxy) is 1. The highest BCUT2D eigenvalue weighted by molar-refractivity contribution is 5.92. The number of hydrogen-bond donors (Lipinski definition) is 3. The molecule has 2 heterocycles. The molecule has 0 saturated heterocycles. The molecule has 1 atom stereocenters. The normalized spacial score (nSPS) is 15.2. The van der Waals surface area contributed by atoms with E-state index in [-0.39, 0.29) is 46.6 Å². The second-order valence-corrected chi connectivity index (χ2v) is 8.77. The van der Waals surface area contributed by atoms with E-state index in [1.165, 1.54) is 19.1 Å². The second-order valence-electron chi connectivity index (χ2n) is 8.77. The van der Waals surface area contributed by atoms with E-state index in [4.69, 9.17) is 4.74 Å². The Morgan fingerprint density at radius 2 is 1.86 bits per heavy atom. The number of amides is 1. The zero-order valence-electron chi connectivity index (χ0n) is 19.9. The number of hydrogen-bond acceptors (Lipinski definition) is 6. The molecule has 3 aromatic rings. The maximum absolute atomic E-state index is 14.3. The molecule has 1 aliphatic rings. The van der Waals surface area contributed by atoms with Crippen molar-refractivity contribution in [3.8, 4) is 17.0 Å². The van der Waals surface area contributed by atoms with E-state index in [0.717, 1.165) is 37.1 Å². The van der Waals surface area contributed by atoms with Crippen LogP contribution in [0, 0.1) is 12.7 Å². The van der Waals surface area contributed by atoms with Crippen LogP contribution < -0.4 is 15.6 Å². The van der Waals surface area contributed by atoms with Gasteiger partial charge in [-0.15, -0.1) is 0 Å². The number of H-pyrrole nitrogens is 1. The highest BCUT2D eigenvalue weighted by Crippen LogP contribution is 2.41. The summed E-state index contributed by atoms with van der Waals surface area (Å²) in [5.41, 5.74) is -4.89. The number of alkyl halides is 3. The second kappa shape index (κ2) is 9.92. The molecular formula is C25H24F4N4O4. The zero-order valence-corrected chi connectivity index (χ0v) is 19.9. The third-order valence-corrected chi connectivity index (χ3v) is 5.92. The van der Waals surface area contributed by atoms with E-state index in [1.54, 1.807) is 6.92 Å². The van der Waals surface area contributed by atoms with E-state index in [9.17, 15) is 32.3 Å². The van der Waals surface area contributed by atoms with Gasteiger partial charge in [0.15, 0.2) is 0 Å². The first-order valence-electron chi connectivity index (χ1n) is 11.5. The molecule has 196 valence electrons. The van der Waals surface area contributed by atoms with Gasteiger partial charge < -0.3 is 20.1 Å². The van der Waals surface area contributed by atoms with Crippen molar-refractivity contribution in [2.24, 2.45) is 0 Å². The highest BCUT2D eigenvalue weighted by Gasteiger charge is 2.56. The Morgan fingerprint density at radius 3 is 2.46 bits per heavy atom. The topological polar surface area (TPSA) is 117 Å². The van der Waals surface area contributed by atoms with Crippen LogP contribution in [0.2, 0.25) is 0 Å². The largest absolute Gasteiger partial charge is 0.491 e. The molecule has 0 spiro atoms. The predicted molar refractivity (Wildman–Crippen MR) is 125 cm³/mol. The summed E-state index contributed by atoms with van der Waals surface area (Å²) in [5, 5.41) is 12.9. The third kappa shape index (κ3) is 5.48. The van der Waals surface area contributed by atoms with Crippen molar-refractivity contribution in [3.05, 3.63) is 75.3 Å². The molecule has 1 aliphatic carbocycles. The van der Waals surface area contributed by atoms with Crippen molar-refractivity contribution in [1.29, 1.82) is 0 Å². The highest BCUT2D eigenvalue weighted by atomic mass is 19.4. The van der Waals surface area contributed by atoms with Crippen LogP contribution in [-0.2, 0) is 5.60 Å². The summed E-state index contributed by atoms with van der Waals surface area (Å²) >= 11 is 0. The standard InChI is InChI=1S/C25H24F4N4O4/c1-3-37-21-13(2)10-18(32-20(21)14-6-8-16(26)9-7-14)24(36,25(27,28)29)12-30-23(35)17-11-19(34)33-22(31-17)15-4-5-15/h6-11,15,36H,3-5,12H2,1-2H3,(H,30,35)(H,31,33,34)/t24-/m0/s1. The van der Waals surface area contributed by atoms with Crippen molar-refractivity contribution in [1.82, 2.24) is 20.3 Å². The maximum atomic E-state index is 14.3. The van der Waals surface area contributed by atoms with Gasteiger partial charge in [0.2, 0.25) is 5.60 Å². The Morgan fingerprint density at radius 1 is 1.19 bits per heavy atom. The van der Waals surface area contributed by atoms with Gasteiger partial charge in [0.1, 0.15) is 28.8 Å². The molecule has 4 rings (SSSR count). The quantitative estimate of drug-likeness (QED) is 0.390. The van der Waals surface area contributed by atoms with E-state index in [1.807, 2.05) is 5.32 Å². The average molecular weight is 520 g/mol. The van der Waals surface area contributed by atoms with Crippen molar-refractivity contribution in [2.45, 2.75) is 44.4 Å². The summed E-state index contributed by atoms with van der Waals surface area (Å²) in [6.45, 7) is 2.05. The Balaban J connectivity index is 1.71. The molecule has 8 nitrogen and oxygen atoms in total. The predicted octanol–water partition coefficient (Wildman–Crippen LogP) is 3.74. The zero-order chi connectivity index (χ0) is 27.0. The molecule has 1 saturated carbocycles. The van der Waals surface area contributed by atoms with Gasteiger partial charge in [-0.1, -0.05) is 0 Å². The van der Waals surface area contributed by atoms with E-state index in [2.05, 4.69) is 15.0 Å². The molecular weight excluding hydrogens is 496 g/mol. The summed E-state index contributed by atoms with van der Waals surface area (Å²) in [6, 6.07) is 6.79. The first kappa shape index (κ1) is 26.3. The Labute approximate surface area is 208 Å². The van der Waals surface area contributed by atoms with Gasteiger partial charge in [-0.25, -0.2) is 14.4 Å². The minimum atomic E-state index is -5.26. The number of rotatable bonds is 8. The van der Waals surface area contributed by atoms with E-state index >= 15 is 0 Å². The molecule has 1 aromatic carbocycles. The van der Waals surface area contributed by atoms with Crippen LogP contribution in [0.15, 0.2) is 41.2 Å². The lowest BCUT2D eigenvalue weighted by Gasteiger charge is -2.31. The van der Waals surface area contributed by atoms with Gasteiger partial charge in [-0.2, -0.15) is 13.2 Å². The van der Waals surface area contributed by atoms with Gasteiger partial charge in [0.05, 0.1) is 18.8 Å². The summed E-state index contributed by atoms with van der Waals surface area (Å²) in [4.78, 5) is 35.2. The molecule has 0 aliphatic heterocycles. The number of pyridine rings is 1. The lowest BCUT2D eigenvalue weighted by atomic mass is 9.95. The van der Waals surface area contributed by atoms with Crippen LogP contribution in [0.1, 0.15) is 53.3 Å². The van der Waals surface area contributed by atoms with E-state index < -0.39 is 41.3 Å². The fourth-order valence-electron chi connectivity index (χ4n) is 3.78. The number of aryl methyl sites for hydroxylation is 1. The Bertz CT molecular complexity index is 1370. The minimum absolute atomic E-state index is 0.00605. The smallest absolute Gasteiger partial charge is 0.424 e.